The molecule has 0 aliphatic heterocycles. The molecule has 0 aliphatic rings. The summed E-state index contributed by atoms with van der Waals surface area (Å²) in [7, 11) is 0. The first-order valence-electron chi connectivity index (χ1n) is 13.9. The molecule has 224 valence electrons. The third kappa shape index (κ3) is 8.86. The van der Waals surface area contributed by atoms with E-state index in [1.165, 1.54) is 11.8 Å². The Kier molecular flexibility index (Phi) is 10.7. The molecule has 0 radical (unpaired) electrons. The number of hydrogen-bond donors (Lipinski definition) is 3. The Labute approximate surface area is 275 Å². The van der Waals surface area contributed by atoms with Crippen molar-refractivity contribution in [2.45, 2.75) is 10.1 Å². The molecule has 5 aromatic rings. The molecule has 3 N–H and O–H groups in total. The van der Waals surface area contributed by atoms with Crippen molar-refractivity contribution in [2.75, 3.05) is 10.6 Å². The van der Waals surface area contributed by atoms with Crippen LogP contribution >= 0.6 is 35.0 Å². The zero-order valence-electron chi connectivity index (χ0n) is 23.7. The second kappa shape index (κ2) is 15.3. The number of halogens is 2. The molecule has 0 saturated heterocycles. The number of nitrogens with one attached hydrogen (secondary N) is 3. The summed E-state index contributed by atoms with van der Waals surface area (Å²) in [4.78, 5) is 40.7. The van der Waals surface area contributed by atoms with Gasteiger partial charge in [0.1, 0.15) is 10.9 Å². The van der Waals surface area contributed by atoms with Crippen LogP contribution in [0.5, 0.6) is 0 Å². The van der Waals surface area contributed by atoms with Crippen LogP contribution in [0.3, 0.4) is 0 Å². The molecule has 0 bridgehead atoms. The molecule has 1 atom stereocenters. The van der Waals surface area contributed by atoms with E-state index in [-0.39, 0.29) is 11.6 Å². The number of anilines is 2. The number of amides is 3. The Balaban J connectivity index is 1.36. The van der Waals surface area contributed by atoms with Crippen molar-refractivity contribution in [3.63, 3.8) is 0 Å². The van der Waals surface area contributed by atoms with Crippen LogP contribution in [0.4, 0.5) is 11.4 Å². The van der Waals surface area contributed by atoms with E-state index in [0.717, 1.165) is 16.0 Å². The number of benzene rings is 5. The molecule has 0 fully saturated rings. The highest BCUT2D eigenvalue weighted by Crippen LogP contribution is 2.37. The van der Waals surface area contributed by atoms with Crippen molar-refractivity contribution in [3.05, 3.63) is 166 Å². The zero-order chi connectivity index (χ0) is 31.6. The third-order valence-corrected chi connectivity index (χ3v) is 8.50. The van der Waals surface area contributed by atoms with Gasteiger partial charge in [0.15, 0.2) is 0 Å². The number of thioether (sulfide) groups is 1. The number of rotatable bonds is 10. The molecule has 0 heterocycles. The van der Waals surface area contributed by atoms with Crippen LogP contribution in [0.2, 0.25) is 10.0 Å². The molecule has 0 aliphatic carbocycles. The molecule has 9 heteroatoms. The Morgan fingerprint density at radius 1 is 0.644 bits per heavy atom. The Morgan fingerprint density at radius 3 is 1.98 bits per heavy atom. The molecule has 0 saturated carbocycles. The predicted molar refractivity (Wildman–Crippen MR) is 184 cm³/mol. The van der Waals surface area contributed by atoms with Crippen molar-refractivity contribution in [2.24, 2.45) is 0 Å². The summed E-state index contributed by atoms with van der Waals surface area (Å²) in [6, 6.07) is 39.4. The normalized spacial score (nSPS) is 11.7. The van der Waals surface area contributed by atoms with E-state index in [2.05, 4.69) is 16.0 Å². The van der Waals surface area contributed by atoms with Gasteiger partial charge in [0.05, 0.1) is 10.0 Å². The van der Waals surface area contributed by atoms with Crippen LogP contribution in [0.25, 0.3) is 6.08 Å². The summed E-state index contributed by atoms with van der Waals surface area (Å²) in [5.41, 5.74) is 3.07. The topological polar surface area (TPSA) is 87.3 Å². The van der Waals surface area contributed by atoms with Gasteiger partial charge in [-0.2, -0.15) is 0 Å². The highest BCUT2D eigenvalue weighted by molar-refractivity contribution is 8.00. The molecule has 45 heavy (non-hydrogen) atoms. The fraction of sp³-hybridized carbons (Fsp3) is 0.0278. The van der Waals surface area contributed by atoms with E-state index in [1.54, 1.807) is 66.7 Å². The first-order valence-corrected chi connectivity index (χ1v) is 15.5. The van der Waals surface area contributed by atoms with Gasteiger partial charge in [-0.3, -0.25) is 14.4 Å². The summed E-state index contributed by atoms with van der Waals surface area (Å²) < 4.78 is 0. The lowest BCUT2D eigenvalue weighted by Gasteiger charge is -2.18. The Hall–Kier alpha value is -4.82. The minimum absolute atomic E-state index is 0.0799. The van der Waals surface area contributed by atoms with Crippen LogP contribution in [-0.2, 0) is 9.59 Å². The van der Waals surface area contributed by atoms with Gasteiger partial charge in [0.25, 0.3) is 11.8 Å². The molecule has 6 nitrogen and oxygen atoms in total. The average Bonchev–Trinajstić information content (AvgIpc) is 3.06. The van der Waals surface area contributed by atoms with Crippen LogP contribution < -0.4 is 16.0 Å². The minimum Gasteiger partial charge on any atom is -0.325 e. The summed E-state index contributed by atoms with van der Waals surface area (Å²) in [5.74, 6) is -1.16. The monoisotopic (exact) mass is 651 g/mol. The zero-order valence-corrected chi connectivity index (χ0v) is 26.1. The van der Waals surface area contributed by atoms with E-state index >= 15 is 0 Å². The highest BCUT2D eigenvalue weighted by atomic mass is 35.5. The molecule has 0 aromatic heterocycles. The maximum atomic E-state index is 13.5. The van der Waals surface area contributed by atoms with Crippen LogP contribution in [-0.4, -0.2) is 17.7 Å². The second-order valence-electron chi connectivity index (χ2n) is 9.80. The average molecular weight is 653 g/mol. The smallest absolute Gasteiger partial charge is 0.272 e. The summed E-state index contributed by atoms with van der Waals surface area (Å²) in [6.45, 7) is 0. The quantitative estimate of drug-likeness (QED) is 0.104. The molecule has 0 spiro atoms. The lowest BCUT2D eigenvalue weighted by Crippen LogP contribution is -2.30. The fourth-order valence-electron chi connectivity index (χ4n) is 4.32. The number of carbonyl (C=O) groups is 3. The van der Waals surface area contributed by atoms with E-state index in [9.17, 15) is 14.4 Å². The van der Waals surface area contributed by atoms with E-state index in [0.29, 0.717) is 27.0 Å². The molecule has 3 amide bonds. The fourth-order valence-corrected chi connectivity index (χ4v) is 5.70. The predicted octanol–water partition coefficient (Wildman–Crippen LogP) is 8.88. The van der Waals surface area contributed by atoms with Crippen LogP contribution in [0.15, 0.2) is 144 Å². The first-order chi connectivity index (χ1) is 21.9. The van der Waals surface area contributed by atoms with Gasteiger partial charge in [0, 0.05) is 21.8 Å². The van der Waals surface area contributed by atoms with Gasteiger partial charge in [-0.1, -0.05) is 108 Å². The van der Waals surface area contributed by atoms with Gasteiger partial charge in [-0.25, -0.2) is 0 Å². The summed E-state index contributed by atoms with van der Waals surface area (Å²) in [5, 5.41) is 8.67. The second-order valence-corrected chi connectivity index (χ2v) is 11.8. The SMILES string of the molecule is O=C(Nc1cccc(SC(C(=O)Nc2ccc(Cl)c(Cl)c2)c2ccccc2)c1)/C(=C/c1ccccc1)NC(=O)c1ccccc1. The Bertz CT molecular complexity index is 1840. The number of carbonyl (C=O) groups excluding carboxylic acids is 3. The molecular weight excluding hydrogens is 625 g/mol. The largest absolute Gasteiger partial charge is 0.325 e. The number of hydrogen-bond acceptors (Lipinski definition) is 4. The van der Waals surface area contributed by atoms with Crippen molar-refractivity contribution < 1.29 is 14.4 Å². The Morgan fingerprint density at radius 2 is 1.29 bits per heavy atom. The lowest BCUT2D eigenvalue weighted by atomic mass is 10.1. The van der Waals surface area contributed by atoms with Gasteiger partial charge in [0.2, 0.25) is 5.91 Å². The minimum atomic E-state index is -0.620. The third-order valence-electron chi connectivity index (χ3n) is 6.51. The standard InChI is InChI=1S/C36H27Cl2N3O3S/c37-30-20-19-28(23-31(30)38)40-36(44)33(25-13-6-2-7-14-25)45-29-18-10-17-27(22-29)39-35(43)32(21-24-11-4-1-5-12-24)41-34(42)26-15-8-3-9-16-26/h1-23,33H,(H,39,43)(H,40,44)(H,41,42)/b32-21-. The van der Waals surface area contributed by atoms with Gasteiger partial charge in [-0.05, 0) is 65.7 Å². The van der Waals surface area contributed by atoms with E-state index in [4.69, 9.17) is 23.2 Å². The van der Waals surface area contributed by atoms with E-state index < -0.39 is 17.1 Å². The van der Waals surface area contributed by atoms with Crippen molar-refractivity contribution in [3.8, 4) is 0 Å². The molecule has 5 aromatic carbocycles. The molecule has 1 unspecified atom stereocenters. The van der Waals surface area contributed by atoms with Crippen LogP contribution in [0, 0.1) is 0 Å². The highest BCUT2D eigenvalue weighted by Gasteiger charge is 2.23. The molecule has 5 rings (SSSR count). The van der Waals surface area contributed by atoms with Crippen molar-refractivity contribution >= 4 is 70.1 Å². The van der Waals surface area contributed by atoms with Crippen molar-refractivity contribution in [1.82, 2.24) is 5.32 Å². The van der Waals surface area contributed by atoms with Gasteiger partial charge < -0.3 is 16.0 Å². The summed E-state index contributed by atoms with van der Waals surface area (Å²) in [6.07, 6.45) is 1.62. The lowest BCUT2D eigenvalue weighted by molar-refractivity contribution is -0.116. The van der Waals surface area contributed by atoms with Gasteiger partial charge >= 0.3 is 0 Å². The molecular formula is C36H27Cl2N3O3S. The van der Waals surface area contributed by atoms with Crippen LogP contribution in [0.1, 0.15) is 26.7 Å². The maximum Gasteiger partial charge on any atom is 0.272 e. The van der Waals surface area contributed by atoms with E-state index in [1.807, 2.05) is 72.8 Å². The summed E-state index contributed by atoms with van der Waals surface area (Å²) >= 11 is 13.5. The first kappa shape index (κ1) is 31.6. The van der Waals surface area contributed by atoms with Crippen molar-refractivity contribution in [1.29, 1.82) is 0 Å². The maximum absolute atomic E-state index is 13.5. The van der Waals surface area contributed by atoms with Gasteiger partial charge in [-0.15, -0.1) is 11.8 Å².